The Kier molecular flexibility index (Phi) is 3.56. The van der Waals surface area contributed by atoms with Gasteiger partial charge in [-0.05, 0) is 37.1 Å². The molecule has 18 heavy (non-hydrogen) atoms. The van der Waals surface area contributed by atoms with Gasteiger partial charge in [-0.15, -0.1) is 0 Å². The van der Waals surface area contributed by atoms with Crippen LogP contribution in [0.25, 0.3) is 0 Å². The third-order valence-corrected chi connectivity index (χ3v) is 4.51. The van der Waals surface area contributed by atoms with E-state index in [0.717, 1.165) is 25.7 Å². The van der Waals surface area contributed by atoms with Gasteiger partial charge in [0.25, 0.3) is 10.0 Å². The van der Waals surface area contributed by atoms with Gasteiger partial charge in [0.05, 0.1) is 4.90 Å². The Morgan fingerprint density at radius 1 is 1.17 bits per heavy atom. The number of anilines is 1. The van der Waals surface area contributed by atoms with E-state index in [-0.39, 0.29) is 10.8 Å². The number of benzene rings is 1. The van der Waals surface area contributed by atoms with Crippen molar-refractivity contribution in [1.29, 1.82) is 0 Å². The second-order valence-electron chi connectivity index (χ2n) is 4.52. The molecule has 98 valence electrons. The highest BCUT2D eigenvalue weighted by Gasteiger charge is 2.26. The van der Waals surface area contributed by atoms with E-state index in [1.807, 2.05) is 0 Å². The van der Waals surface area contributed by atoms with Crippen molar-refractivity contribution in [2.24, 2.45) is 5.92 Å². The van der Waals surface area contributed by atoms with Crippen molar-refractivity contribution in [1.82, 2.24) is 4.72 Å². The molecule has 0 radical (unpaired) electrons. The lowest BCUT2D eigenvalue weighted by atomic mass is 10.1. The minimum Gasteiger partial charge on any atom is -0.399 e. The monoisotopic (exact) mass is 268 g/mol. The van der Waals surface area contributed by atoms with Crippen molar-refractivity contribution in [2.45, 2.75) is 30.6 Å². The standard InChI is InChI=1S/C12H16N2O3S/c13-10-5-7-11(8-6-10)18(16,17)14-12(15)9-3-1-2-4-9/h5-9H,1-4,13H2,(H,14,15). The SMILES string of the molecule is Nc1ccc(S(=O)(=O)NC(=O)C2CCCC2)cc1. The number of nitrogen functional groups attached to an aromatic ring is 1. The van der Waals surface area contributed by atoms with Crippen molar-refractivity contribution in [3.63, 3.8) is 0 Å². The lowest BCUT2D eigenvalue weighted by molar-refractivity contribution is -0.122. The summed E-state index contributed by atoms with van der Waals surface area (Å²) in [6.07, 6.45) is 3.51. The summed E-state index contributed by atoms with van der Waals surface area (Å²) in [6.45, 7) is 0. The Bertz CT molecular complexity index is 531. The summed E-state index contributed by atoms with van der Waals surface area (Å²) in [5, 5.41) is 0. The van der Waals surface area contributed by atoms with E-state index in [2.05, 4.69) is 4.72 Å². The average molecular weight is 268 g/mol. The zero-order chi connectivity index (χ0) is 13.2. The van der Waals surface area contributed by atoms with E-state index in [1.54, 1.807) is 0 Å². The maximum atomic E-state index is 11.9. The van der Waals surface area contributed by atoms with Crippen LogP contribution >= 0.6 is 0 Å². The molecule has 0 atom stereocenters. The number of rotatable bonds is 3. The molecular formula is C12H16N2O3S. The van der Waals surface area contributed by atoms with Crippen LogP contribution in [0.15, 0.2) is 29.2 Å². The number of amides is 1. The van der Waals surface area contributed by atoms with Gasteiger partial charge in [0.2, 0.25) is 5.91 Å². The molecule has 0 aromatic heterocycles. The number of carbonyl (C=O) groups excluding carboxylic acids is 1. The van der Waals surface area contributed by atoms with Gasteiger partial charge in [-0.3, -0.25) is 4.79 Å². The molecule has 1 aliphatic carbocycles. The molecule has 5 nitrogen and oxygen atoms in total. The van der Waals surface area contributed by atoms with Gasteiger partial charge in [0, 0.05) is 11.6 Å². The summed E-state index contributed by atoms with van der Waals surface area (Å²) >= 11 is 0. The quantitative estimate of drug-likeness (QED) is 0.808. The predicted octanol–water partition coefficient (Wildman–Crippen LogP) is 1.26. The molecule has 3 N–H and O–H groups in total. The Morgan fingerprint density at radius 3 is 2.28 bits per heavy atom. The minimum atomic E-state index is -3.77. The van der Waals surface area contributed by atoms with Crippen LogP contribution in [0.2, 0.25) is 0 Å². The molecule has 0 spiro atoms. The van der Waals surface area contributed by atoms with Gasteiger partial charge in [0.15, 0.2) is 0 Å². The zero-order valence-electron chi connectivity index (χ0n) is 9.93. The van der Waals surface area contributed by atoms with Crippen LogP contribution in [-0.4, -0.2) is 14.3 Å². The molecule has 0 aliphatic heterocycles. The lowest BCUT2D eigenvalue weighted by Gasteiger charge is -2.11. The van der Waals surface area contributed by atoms with Gasteiger partial charge in [0.1, 0.15) is 0 Å². The van der Waals surface area contributed by atoms with Crippen molar-refractivity contribution in [2.75, 3.05) is 5.73 Å². The molecule has 1 amide bonds. The first-order valence-corrected chi connectivity index (χ1v) is 7.39. The van der Waals surface area contributed by atoms with Crippen LogP contribution in [0.5, 0.6) is 0 Å². The number of sulfonamides is 1. The maximum Gasteiger partial charge on any atom is 0.264 e. The Labute approximate surface area is 106 Å². The fourth-order valence-corrected chi connectivity index (χ4v) is 3.15. The summed E-state index contributed by atoms with van der Waals surface area (Å²) < 4.78 is 26.0. The number of carbonyl (C=O) groups is 1. The highest BCUT2D eigenvalue weighted by molar-refractivity contribution is 7.90. The van der Waals surface area contributed by atoms with E-state index < -0.39 is 15.9 Å². The van der Waals surface area contributed by atoms with E-state index in [1.165, 1.54) is 24.3 Å². The minimum absolute atomic E-state index is 0.0584. The molecular weight excluding hydrogens is 252 g/mol. The molecule has 2 rings (SSSR count). The van der Waals surface area contributed by atoms with Crippen molar-refractivity contribution in [3.8, 4) is 0 Å². The summed E-state index contributed by atoms with van der Waals surface area (Å²) in [5.41, 5.74) is 5.97. The Morgan fingerprint density at radius 2 is 1.72 bits per heavy atom. The summed E-state index contributed by atoms with van der Waals surface area (Å²) in [4.78, 5) is 11.8. The second kappa shape index (κ2) is 4.97. The molecule has 1 aliphatic rings. The third kappa shape index (κ3) is 2.81. The molecule has 1 aromatic carbocycles. The first kappa shape index (κ1) is 12.9. The topological polar surface area (TPSA) is 89.3 Å². The fraction of sp³-hybridized carbons (Fsp3) is 0.417. The molecule has 0 saturated heterocycles. The lowest BCUT2D eigenvalue weighted by Crippen LogP contribution is -2.34. The first-order chi connectivity index (χ1) is 8.49. The van der Waals surface area contributed by atoms with Crippen molar-refractivity contribution < 1.29 is 13.2 Å². The van der Waals surface area contributed by atoms with Crippen LogP contribution in [0, 0.1) is 5.92 Å². The van der Waals surface area contributed by atoms with Gasteiger partial charge >= 0.3 is 0 Å². The van der Waals surface area contributed by atoms with Gasteiger partial charge in [-0.2, -0.15) is 0 Å². The number of hydrogen-bond donors (Lipinski definition) is 2. The normalized spacial score (nSPS) is 16.7. The molecule has 1 saturated carbocycles. The molecule has 0 heterocycles. The summed E-state index contributed by atoms with van der Waals surface area (Å²) in [5.74, 6) is -0.571. The molecule has 1 aromatic rings. The smallest absolute Gasteiger partial charge is 0.264 e. The van der Waals surface area contributed by atoms with Crippen LogP contribution in [0.4, 0.5) is 5.69 Å². The van der Waals surface area contributed by atoms with Gasteiger partial charge in [-0.1, -0.05) is 12.8 Å². The molecule has 1 fully saturated rings. The van der Waals surface area contributed by atoms with E-state index in [0.29, 0.717) is 5.69 Å². The third-order valence-electron chi connectivity index (χ3n) is 3.15. The largest absolute Gasteiger partial charge is 0.399 e. The van der Waals surface area contributed by atoms with Crippen molar-refractivity contribution >= 4 is 21.6 Å². The van der Waals surface area contributed by atoms with E-state index in [9.17, 15) is 13.2 Å². The number of nitrogens with one attached hydrogen (secondary N) is 1. The highest BCUT2D eigenvalue weighted by Crippen LogP contribution is 2.25. The fourth-order valence-electron chi connectivity index (χ4n) is 2.11. The number of nitrogens with two attached hydrogens (primary N) is 1. The highest BCUT2D eigenvalue weighted by atomic mass is 32.2. The predicted molar refractivity (Wildman–Crippen MR) is 68.1 cm³/mol. The number of hydrogen-bond acceptors (Lipinski definition) is 4. The first-order valence-electron chi connectivity index (χ1n) is 5.91. The van der Waals surface area contributed by atoms with Crippen LogP contribution in [0.1, 0.15) is 25.7 Å². The van der Waals surface area contributed by atoms with Crippen LogP contribution in [-0.2, 0) is 14.8 Å². The van der Waals surface area contributed by atoms with E-state index in [4.69, 9.17) is 5.73 Å². The second-order valence-corrected chi connectivity index (χ2v) is 6.20. The van der Waals surface area contributed by atoms with Crippen LogP contribution in [0.3, 0.4) is 0 Å². The summed E-state index contributed by atoms with van der Waals surface area (Å²) in [7, 11) is -3.77. The molecule has 0 bridgehead atoms. The van der Waals surface area contributed by atoms with Gasteiger partial charge < -0.3 is 5.73 Å². The van der Waals surface area contributed by atoms with Gasteiger partial charge in [-0.25, -0.2) is 13.1 Å². The summed E-state index contributed by atoms with van der Waals surface area (Å²) in [6, 6.07) is 5.77. The van der Waals surface area contributed by atoms with E-state index >= 15 is 0 Å². The maximum absolute atomic E-state index is 11.9. The Balaban J connectivity index is 2.11. The molecule has 0 unspecified atom stereocenters. The molecule has 6 heteroatoms. The Hall–Kier alpha value is -1.56. The van der Waals surface area contributed by atoms with Crippen molar-refractivity contribution in [3.05, 3.63) is 24.3 Å². The van der Waals surface area contributed by atoms with Crippen LogP contribution < -0.4 is 10.5 Å². The zero-order valence-corrected chi connectivity index (χ0v) is 10.7. The average Bonchev–Trinajstić information content (AvgIpc) is 2.82.